The second-order valence-electron chi connectivity index (χ2n) is 6.05. The molecule has 3 rings (SSSR count). The van der Waals surface area contributed by atoms with E-state index in [4.69, 9.17) is 4.74 Å². The van der Waals surface area contributed by atoms with Crippen molar-refractivity contribution >= 4 is 19.9 Å². The molecule has 1 N–H and O–H groups in total. The largest absolute Gasteiger partial charge is 0.493 e. The minimum absolute atomic E-state index is 0.191. The number of fused-ring (bicyclic) bond motifs is 1. The molecule has 1 aliphatic heterocycles. The summed E-state index contributed by atoms with van der Waals surface area (Å²) in [5, 5.41) is 0. The average Bonchev–Trinajstić information content (AvgIpc) is 3.01. The molecule has 2 aromatic rings. The standard InChI is InChI=1S/C17H19NO5S2/c1-12(13-3-5-15(6-4-13)24(2,19)20)18-25(21,22)16-7-8-17-14(11-16)9-10-23-17/h3-8,11-12,18H,9-10H2,1-2H3/t12-/m0/s1. The lowest BCUT2D eigenvalue weighted by atomic mass is 10.1. The minimum atomic E-state index is -3.69. The number of sulfone groups is 1. The molecule has 1 aliphatic rings. The zero-order valence-electron chi connectivity index (χ0n) is 13.9. The molecule has 0 unspecified atom stereocenters. The zero-order valence-corrected chi connectivity index (χ0v) is 15.5. The molecular weight excluding hydrogens is 362 g/mol. The lowest BCUT2D eigenvalue weighted by Gasteiger charge is -2.15. The Morgan fingerprint density at radius 2 is 1.64 bits per heavy atom. The minimum Gasteiger partial charge on any atom is -0.493 e. The van der Waals surface area contributed by atoms with Crippen LogP contribution in [0.15, 0.2) is 52.3 Å². The van der Waals surface area contributed by atoms with E-state index in [0.717, 1.165) is 17.6 Å². The van der Waals surface area contributed by atoms with Crippen LogP contribution in [0.5, 0.6) is 5.75 Å². The smallest absolute Gasteiger partial charge is 0.241 e. The topological polar surface area (TPSA) is 89.5 Å². The molecule has 0 aromatic heterocycles. The maximum absolute atomic E-state index is 12.6. The van der Waals surface area contributed by atoms with E-state index in [1.165, 1.54) is 18.2 Å². The molecule has 0 amide bonds. The lowest BCUT2D eigenvalue weighted by Crippen LogP contribution is -2.27. The third-order valence-electron chi connectivity index (χ3n) is 4.11. The van der Waals surface area contributed by atoms with E-state index in [2.05, 4.69) is 4.72 Å². The van der Waals surface area contributed by atoms with Crippen molar-refractivity contribution in [2.45, 2.75) is 29.2 Å². The van der Waals surface area contributed by atoms with Gasteiger partial charge in [0.15, 0.2) is 9.84 Å². The first-order valence-corrected chi connectivity index (χ1v) is 11.1. The summed E-state index contributed by atoms with van der Waals surface area (Å²) in [6.07, 6.45) is 1.83. The highest BCUT2D eigenvalue weighted by molar-refractivity contribution is 7.90. The fourth-order valence-corrected chi connectivity index (χ4v) is 4.62. The lowest BCUT2D eigenvalue weighted by molar-refractivity contribution is 0.356. The van der Waals surface area contributed by atoms with Crippen LogP contribution >= 0.6 is 0 Å². The summed E-state index contributed by atoms with van der Waals surface area (Å²) in [5.74, 6) is 0.725. The Bertz CT molecular complexity index is 996. The molecule has 0 bridgehead atoms. The van der Waals surface area contributed by atoms with Gasteiger partial charge in [0, 0.05) is 18.7 Å². The second kappa shape index (κ2) is 6.44. The van der Waals surface area contributed by atoms with E-state index in [9.17, 15) is 16.8 Å². The van der Waals surface area contributed by atoms with Crippen LogP contribution in [0.1, 0.15) is 24.1 Å². The Balaban J connectivity index is 1.80. The van der Waals surface area contributed by atoms with Gasteiger partial charge in [-0.2, -0.15) is 0 Å². The van der Waals surface area contributed by atoms with Gasteiger partial charge in [-0.3, -0.25) is 0 Å². The average molecular weight is 381 g/mol. The molecule has 0 saturated heterocycles. The van der Waals surface area contributed by atoms with E-state index in [1.807, 2.05) is 0 Å². The van der Waals surface area contributed by atoms with E-state index >= 15 is 0 Å². The van der Waals surface area contributed by atoms with Crippen molar-refractivity contribution in [2.24, 2.45) is 0 Å². The number of ether oxygens (including phenoxy) is 1. The summed E-state index contributed by atoms with van der Waals surface area (Å²) >= 11 is 0. The maximum atomic E-state index is 12.6. The SMILES string of the molecule is C[C@H](NS(=O)(=O)c1ccc2c(c1)CCO2)c1ccc(S(C)(=O)=O)cc1. The molecule has 6 nitrogen and oxygen atoms in total. The Hall–Kier alpha value is -1.90. The van der Waals surface area contributed by atoms with Gasteiger partial charge >= 0.3 is 0 Å². The van der Waals surface area contributed by atoms with E-state index < -0.39 is 25.9 Å². The van der Waals surface area contributed by atoms with Gasteiger partial charge in [0.25, 0.3) is 0 Å². The molecule has 2 aromatic carbocycles. The van der Waals surface area contributed by atoms with Gasteiger partial charge in [0.1, 0.15) is 5.75 Å². The number of hydrogen-bond donors (Lipinski definition) is 1. The van der Waals surface area contributed by atoms with Gasteiger partial charge in [0.05, 0.1) is 16.4 Å². The first kappa shape index (κ1) is 17.9. The van der Waals surface area contributed by atoms with E-state index in [0.29, 0.717) is 18.6 Å². The Morgan fingerprint density at radius 3 is 2.28 bits per heavy atom. The van der Waals surface area contributed by atoms with Gasteiger partial charge in [-0.1, -0.05) is 12.1 Å². The zero-order chi connectivity index (χ0) is 18.2. The van der Waals surface area contributed by atoms with Crippen LogP contribution in [0.3, 0.4) is 0 Å². The summed E-state index contributed by atoms with van der Waals surface area (Å²) in [6, 6.07) is 10.5. The van der Waals surface area contributed by atoms with Crippen LogP contribution in [-0.4, -0.2) is 29.7 Å². The quantitative estimate of drug-likeness (QED) is 0.856. The van der Waals surface area contributed by atoms with Gasteiger partial charge < -0.3 is 4.74 Å². The molecule has 0 radical (unpaired) electrons. The Kier molecular flexibility index (Phi) is 4.61. The number of nitrogens with one attached hydrogen (secondary N) is 1. The number of rotatable bonds is 5. The predicted molar refractivity (Wildman–Crippen MR) is 93.9 cm³/mol. The number of benzene rings is 2. The maximum Gasteiger partial charge on any atom is 0.241 e. The Morgan fingerprint density at radius 1 is 1.00 bits per heavy atom. The highest BCUT2D eigenvalue weighted by Gasteiger charge is 2.22. The fourth-order valence-electron chi connectivity index (χ4n) is 2.70. The van der Waals surface area contributed by atoms with Gasteiger partial charge in [-0.25, -0.2) is 21.6 Å². The monoisotopic (exact) mass is 381 g/mol. The molecule has 1 heterocycles. The van der Waals surface area contributed by atoms with Crippen molar-refractivity contribution in [2.75, 3.05) is 12.9 Å². The summed E-state index contributed by atoms with van der Waals surface area (Å²) in [4.78, 5) is 0.390. The third-order valence-corrected chi connectivity index (χ3v) is 6.78. The predicted octanol–water partition coefficient (Wildman–Crippen LogP) is 2.06. The third kappa shape index (κ3) is 3.86. The summed E-state index contributed by atoms with van der Waals surface area (Å²) in [5.41, 5.74) is 1.56. The highest BCUT2D eigenvalue weighted by atomic mass is 32.2. The highest BCUT2D eigenvalue weighted by Crippen LogP contribution is 2.28. The van der Waals surface area contributed by atoms with Crippen LogP contribution in [0.2, 0.25) is 0 Å². The van der Waals surface area contributed by atoms with E-state index in [-0.39, 0.29) is 9.79 Å². The van der Waals surface area contributed by atoms with Crippen LogP contribution in [0, 0.1) is 0 Å². The second-order valence-corrected chi connectivity index (χ2v) is 9.78. The molecule has 0 spiro atoms. The van der Waals surface area contributed by atoms with Gasteiger partial charge in [-0.05, 0) is 48.4 Å². The van der Waals surface area contributed by atoms with Crippen LogP contribution < -0.4 is 9.46 Å². The number of sulfonamides is 1. The summed E-state index contributed by atoms with van der Waals surface area (Å²) in [6.45, 7) is 2.28. The normalized spacial score (nSPS) is 15.4. The van der Waals surface area contributed by atoms with Crippen molar-refractivity contribution in [1.29, 1.82) is 0 Å². The van der Waals surface area contributed by atoms with Crippen molar-refractivity contribution in [1.82, 2.24) is 4.72 Å². The fraction of sp³-hybridized carbons (Fsp3) is 0.294. The van der Waals surface area contributed by atoms with Crippen molar-refractivity contribution < 1.29 is 21.6 Å². The van der Waals surface area contributed by atoms with Crippen LogP contribution in [0.4, 0.5) is 0 Å². The van der Waals surface area contributed by atoms with E-state index in [1.54, 1.807) is 31.2 Å². The molecule has 1 atom stereocenters. The molecule has 0 aliphatic carbocycles. The van der Waals surface area contributed by atoms with Gasteiger partial charge in [-0.15, -0.1) is 0 Å². The van der Waals surface area contributed by atoms with Crippen LogP contribution in [0.25, 0.3) is 0 Å². The summed E-state index contributed by atoms with van der Waals surface area (Å²) in [7, 11) is -6.97. The molecular formula is C17H19NO5S2. The first-order chi connectivity index (χ1) is 11.7. The molecule has 134 valence electrons. The Labute approximate surface area is 147 Å². The van der Waals surface area contributed by atoms with Gasteiger partial charge in [0.2, 0.25) is 10.0 Å². The van der Waals surface area contributed by atoms with Crippen LogP contribution in [-0.2, 0) is 26.3 Å². The van der Waals surface area contributed by atoms with Crippen molar-refractivity contribution in [3.8, 4) is 5.75 Å². The first-order valence-electron chi connectivity index (χ1n) is 7.75. The van der Waals surface area contributed by atoms with Crippen molar-refractivity contribution in [3.63, 3.8) is 0 Å². The molecule has 0 saturated carbocycles. The molecule has 0 fully saturated rings. The van der Waals surface area contributed by atoms with Crippen molar-refractivity contribution in [3.05, 3.63) is 53.6 Å². The summed E-state index contributed by atoms with van der Waals surface area (Å²) < 4.78 is 56.2. The number of hydrogen-bond acceptors (Lipinski definition) is 5. The molecule has 25 heavy (non-hydrogen) atoms. The molecule has 8 heteroatoms.